The van der Waals surface area contributed by atoms with Crippen molar-refractivity contribution in [3.63, 3.8) is 0 Å². The molecule has 3 aliphatic heterocycles. The molecule has 0 bridgehead atoms. The molecule has 1 saturated carbocycles. The number of imide groups is 1. The number of carbonyl (C=O) groups is 3. The van der Waals surface area contributed by atoms with E-state index >= 15 is 0 Å². The number of rotatable bonds is 13. The maximum atomic E-state index is 13.0. The SMILES string of the molecule is CNc1[nH]c2cc(N3CCN(CC4CCN(c5ccc(N6CCC(=O)NC6=O)cc5)CC4)CC3)c(OC)cc2c1C(=N)c1ccc([C@@H](C)NC(=O)c2nc(C3(C)CC3)no2)c(C)c1. The number of piperidine rings is 1. The summed E-state index contributed by atoms with van der Waals surface area (Å²) in [6.45, 7) is 13.2. The maximum Gasteiger partial charge on any atom is 0.328 e. The number of anilines is 4. The summed E-state index contributed by atoms with van der Waals surface area (Å²) in [7, 11) is 3.57. The molecule has 4 aliphatic rings. The van der Waals surface area contributed by atoms with Crippen molar-refractivity contribution < 1.29 is 23.6 Å². The lowest BCUT2D eigenvalue weighted by atomic mass is 9.94. The second-order valence-corrected chi connectivity index (χ2v) is 17.8. The third kappa shape index (κ3) is 8.43. The standard InChI is InChI=1S/C47H57N11O5/c1-28-24-31(6-11-34(28)29(2)50-43(60)44-53-45(54-63-44)47(3)15-16-47)41(48)40-35-25-38(62-5)37(26-36(35)51-42(40)49-4)57-22-20-55(21-23-57)27-30-12-17-56(18-13-30)32-7-9-33(10-8-32)58-19-14-39(59)52-46(58)61/h6-11,24-26,29-30,48-49,51H,12-23,27H2,1-5H3,(H,50,60)(H,52,59,61)/t29-/m1/s1. The Bertz CT molecular complexity index is 2550. The van der Waals surface area contributed by atoms with E-state index in [2.05, 4.69) is 77.0 Å². The molecule has 4 amide bonds. The second-order valence-electron chi connectivity index (χ2n) is 17.8. The van der Waals surface area contributed by atoms with E-state index in [4.69, 9.17) is 9.26 Å². The van der Waals surface area contributed by atoms with Gasteiger partial charge in [-0.15, -0.1) is 0 Å². The zero-order valence-corrected chi connectivity index (χ0v) is 36.8. The first-order valence-electron chi connectivity index (χ1n) is 22.1. The molecule has 16 nitrogen and oxygen atoms in total. The summed E-state index contributed by atoms with van der Waals surface area (Å²) >= 11 is 0. The molecule has 5 heterocycles. The Balaban J connectivity index is 0.808. The van der Waals surface area contributed by atoms with Crippen molar-refractivity contribution in [2.45, 2.75) is 64.3 Å². The van der Waals surface area contributed by atoms with Gasteiger partial charge >= 0.3 is 17.8 Å². The number of H-pyrrole nitrogens is 1. The van der Waals surface area contributed by atoms with Crippen LogP contribution in [-0.2, 0) is 10.2 Å². The Kier molecular flexibility index (Phi) is 11.3. The molecule has 16 heteroatoms. The Morgan fingerprint density at radius 1 is 0.984 bits per heavy atom. The fourth-order valence-corrected chi connectivity index (χ4v) is 9.40. The van der Waals surface area contributed by atoms with E-state index in [1.807, 2.05) is 51.2 Å². The highest BCUT2D eigenvalue weighted by atomic mass is 16.5. The number of aromatic nitrogens is 3. The molecule has 4 fully saturated rings. The number of nitrogens with one attached hydrogen (secondary N) is 5. The summed E-state index contributed by atoms with van der Waals surface area (Å²) in [6.07, 6.45) is 4.56. The summed E-state index contributed by atoms with van der Waals surface area (Å²) in [4.78, 5) is 53.8. The van der Waals surface area contributed by atoms with Gasteiger partial charge in [0.15, 0.2) is 5.82 Å². The van der Waals surface area contributed by atoms with Crippen molar-refractivity contribution in [2.75, 3.05) is 86.5 Å². The van der Waals surface area contributed by atoms with Crippen LogP contribution in [-0.4, -0.2) is 110 Å². The highest BCUT2D eigenvalue weighted by molar-refractivity contribution is 6.21. The van der Waals surface area contributed by atoms with Gasteiger partial charge in [-0.2, -0.15) is 4.98 Å². The van der Waals surface area contributed by atoms with E-state index in [0.717, 1.165) is 133 Å². The quantitative estimate of drug-likeness (QED) is 0.0831. The minimum atomic E-state index is -0.406. The van der Waals surface area contributed by atoms with Gasteiger partial charge in [-0.25, -0.2) is 4.79 Å². The number of amides is 4. The number of carbonyl (C=O) groups excluding carboxylic acids is 3. The van der Waals surface area contributed by atoms with Gasteiger partial charge in [0.1, 0.15) is 11.6 Å². The van der Waals surface area contributed by atoms with Crippen LogP contribution in [0.4, 0.5) is 27.7 Å². The highest BCUT2D eigenvalue weighted by Gasteiger charge is 2.44. The van der Waals surface area contributed by atoms with Gasteiger partial charge in [0, 0.05) is 99.1 Å². The molecule has 0 spiro atoms. The molecule has 3 aromatic carbocycles. The van der Waals surface area contributed by atoms with Crippen molar-refractivity contribution in [3.05, 3.63) is 88.6 Å². The lowest BCUT2D eigenvalue weighted by Gasteiger charge is -2.40. The van der Waals surface area contributed by atoms with E-state index in [-0.39, 0.29) is 29.3 Å². The van der Waals surface area contributed by atoms with Crippen molar-refractivity contribution in [1.29, 1.82) is 5.41 Å². The molecule has 3 saturated heterocycles. The van der Waals surface area contributed by atoms with Crippen LogP contribution >= 0.6 is 0 Å². The third-order valence-electron chi connectivity index (χ3n) is 13.6. The molecule has 63 heavy (non-hydrogen) atoms. The number of fused-ring (bicyclic) bond motifs is 1. The Morgan fingerprint density at radius 2 is 1.71 bits per heavy atom. The first kappa shape index (κ1) is 41.9. The fraction of sp³-hybridized carbons (Fsp3) is 0.447. The summed E-state index contributed by atoms with van der Waals surface area (Å²) in [5, 5.41) is 23.1. The molecule has 1 atom stereocenters. The number of hydrogen-bond donors (Lipinski definition) is 5. The Morgan fingerprint density at radius 3 is 2.38 bits per heavy atom. The van der Waals surface area contributed by atoms with Crippen LogP contribution < -0.4 is 35.4 Å². The number of hydrogen-bond acceptors (Lipinski definition) is 12. The van der Waals surface area contributed by atoms with Crippen LogP contribution in [0, 0.1) is 18.3 Å². The van der Waals surface area contributed by atoms with Crippen LogP contribution in [0.25, 0.3) is 10.9 Å². The lowest BCUT2D eigenvalue weighted by Crippen LogP contribution is -2.49. The first-order chi connectivity index (χ1) is 30.4. The van der Waals surface area contributed by atoms with Gasteiger partial charge in [0.05, 0.1) is 30.1 Å². The number of piperazine rings is 1. The van der Waals surface area contributed by atoms with E-state index in [1.54, 1.807) is 12.0 Å². The van der Waals surface area contributed by atoms with Crippen LogP contribution in [0.5, 0.6) is 5.75 Å². The van der Waals surface area contributed by atoms with Crippen LogP contribution in [0.2, 0.25) is 0 Å². The van der Waals surface area contributed by atoms with Gasteiger partial charge in [-0.3, -0.25) is 30.1 Å². The summed E-state index contributed by atoms with van der Waals surface area (Å²) < 4.78 is 11.3. The van der Waals surface area contributed by atoms with E-state index in [1.165, 1.54) is 0 Å². The normalized spacial score (nSPS) is 18.7. The lowest BCUT2D eigenvalue weighted by molar-refractivity contribution is -0.120. The predicted octanol–water partition coefficient (Wildman–Crippen LogP) is 6.35. The number of methoxy groups -OCH3 is 1. The fourth-order valence-electron chi connectivity index (χ4n) is 9.40. The van der Waals surface area contributed by atoms with Crippen molar-refractivity contribution in [2.24, 2.45) is 5.92 Å². The van der Waals surface area contributed by atoms with Crippen molar-refractivity contribution >= 4 is 57.3 Å². The van der Waals surface area contributed by atoms with Crippen molar-refractivity contribution in [1.82, 2.24) is 30.7 Å². The number of urea groups is 1. The summed E-state index contributed by atoms with van der Waals surface area (Å²) in [5.74, 6) is 2.09. The monoisotopic (exact) mass is 855 g/mol. The molecular formula is C47H57N11O5. The van der Waals surface area contributed by atoms with Gasteiger partial charge in [0.25, 0.3) is 0 Å². The molecule has 5 aromatic rings. The molecule has 1 aliphatic carbocycles. The summed E-state index contributed by atoms with van der Waals surface area (Å²) in [5.41, 5.74) is 7.63. The largest absolute Gasteiger partial charge is 0.495 e. The summed E-state index contributed by atoms with van der Waals surface area (Å²) in [6, 6.07) is 17.5. The van der Waals surface area contributed by atoms with E-state index in [0.29, 0.717) is 30.4 Å². The van der Waals surface area contributed by atoms with E-state index in [9.17, 15) is 19.8 Å². The topological polar surface area (TPSA) is 188 Å². The minimum absolute atomic E-state index is 0.0286. The molecule has 330 valence electrons. The molecule has 0 unspecified atom stereocenters. The molecule has 2 aromatic heterocycles. The van der Waals surface area contributed by atoms with E-state index < -0.39 is 5.91 Å². The minimum Gasteiger partial charge on any atom is -0.495 e. The number of ether oxygens (including phenoxy) is 1. The third-order valence-corrected chi connectivity index (χ3v) is 13.6. The molecule has 0 radical (unpaired) electrons. The van der Waals surface area contributed by atoms with Gasteiger partial charge in [0.2, 0.25) is 5.91 Å². The Labute approximate surface area is 367 Å². The molecular weight excluding hydrogens is 799 g/mol. The zero-order valence-electron chi connectivity index (χ0n) is 36.8. The predicted molar refractivity (Wildman–Crippen MR) is 244 cm³/mol. The zero-order chi connectivity index (χ0) is 44.0. The van der Waals surface area contributed by atoms with Gasteiger partial charge in [-0.05, 0) is 99.0 Å². The van der Waals surface area contributed by atoms with Crippen LogP contribution in [0.3, 0.4) is 0 Å². The van der Waals surface area contributed by atoms with Crippen LogP contribution in [0.1, 0.15) is 90.8 Å². The number of benzene rings is 3. The number of aromatic amines is 1. The number of nitrogens with zero attached hydrogens (tertiary/aromatic N) is 6. The van der Waals surface area contributed by atoms with Gasteiger partial charge < -0.3 is 34.7 Å². The average molecular weight is 856 g/mol. The number of aryl methyl sites for hydroxylation is 1. The first-order valence-corrected chi connectivity index (χ1v) is 22.1. The second kappa shape index (κ2) is 17.0. The van der Waals surface area contributed by atoms with Crippen molar-refractivity contribution in [3.8, 4) is 5.75 Å². The van der Waals surface area contributed by atoms with Gasteiger partial charge in [-0.1, -0.05) is 24.2 Å². The van der Waals surface area contributed by atoms with Crippen LogP contribution in [0.15, 0.2) is 59.1 Å². The highest BCUT2D eigenvalue weighted by Crippen LogP contribution is 2.46. The Hall–Kier alpha value is -6.42. The molecule has 5 N–H and O–H groups in total. The molecule has 9 rings (SSSR count). The smallest absolute Gasteiger partial charge is 0.328 e. The maximum absolute atomic E-state index is 13.0. The average Bonchev–Trinajstić information content (AvgIpc) is 3.66.